The summed E-state index contributed by atoms with van der Waals surface area (Å²) in [7, 11) is 0. The van der Waals surface area contributed by atoms with Crippen LogP contribution in [0.2, 0.25) is 0 Å². The van der Waals surface area contributed by atoms with E-state index < -0.39 is 21.9 Å². The van der Waals surface area contributed by atoms with Crippen molar-refractivity contribution < 1.29 is 68.9 Å². The quantitative estimate of drug-likeness (QED) is 0.464. The predicted molar refractivity (Wildman–Crippen MR) is 39.3 cm³/mol. The van der Waals surface area contributed by atoms with Gasteiger partial charge < -0.3 is 4.55 Å². The Bertz CT molecular complexity index is 292. The van der Waals surface area contributed by atoms with E-state index in [9.17, 15) is 17.5 Å². The summed E-state index contributed by atoms with van der Waals surface area (Å²) in [5, 5.41) is -3.79. The van der Waals surface area contributed by atoms with Gasteiger partial charge in [0, 0.05) is 16.6 Å². The van der Waals surface area contributed by atoms with Crippen LogP contribution in [0.5, 0.6) is 0 Å². The van der Waals surface area contributed by atoms with E-state index in [1.165, 1.54) is 18.2 Å². The number of halogens is 2. The van der Waals surface area contributed by atoms with E-state index in [4.69, 9.17) is 0 Å². The van der Waals surface area contributed by atoms with Gasteiger partial charge in [0.25, 0.3) is 0 Å². The Balaban J connectivity index is 0.00000144. The molecule has 1 unspecified atom stereocenters. The first kappa shape index (κ1) is 13.8. The largest absolute Gasteiger partial charge is 1.00 e. The number of alkyl halides is 2. The summed E-state index contributed by atoms with van der Waals surface area (Å²) >= 11 is -3.41. The van der Waals surface area contributed by atoms with Crippen LogP contribution in [0.25, 0.3) is 0 Å². The first-order chi connectivity index (χ1) is 5.55. The van der Waals surface area contributed by atoms with Crippen LogP contribution >= 0.6 is 0 Å². The molecule has 13 heavy (non-hydrogen) atoms. The fraction of sp³-hybridized carbons (Fsp3) is 0.143. The second-order valence-corrected chi connectivity index (χ2v) is 3.10. The first-order valence-electron chi connectivity index (χ1n) is 3.08. The van der Waals surface area contributed by atoms with E-state index >= 15 is 0 Å². The summed E-state index contributed by atoms with van der Waals surface area (Å²) in [6, 6.07) is 6.38. The zero-order chi connectivity index (χ0) is 9.19. The second-order valence-electron chi connectivity index (χ2n) is 2.12. The molecular weight excluding hydrogens is 225 g/mol. The summed E-state index contributed by atoms with van der Waals surface area (Å²) in [6.07, 6.45) is 0. The number of rotatable bonds is 2. The molecule has 0 aliphatic rings. The van der Waals surface area contributed by atoms with Gasteiger partial charge in [-0.15, -0.1) is 0 Å². The zero-order valence-electron chi connectivity index (χ0n) is 6.87. The van der Waals surface area contributed by atoms with Gasteiger partial charge in [0.1, 0.15) is 0 Å². The van der Waals surface area contributed by atoms with E-state index in [-0.39, 0.29) is 51.4 Å². The summed E-state index contributed by atoms with van der Waals surface area (Å²) in [5.74, 6) is 0. The minimum Gasteiger partial charge on any atom is -0.768 e. The number of hydrogen-bond donors (Lipinski definition) is 0. The molecule has 0 spiro atoms. The summed E-state index contributed by atoms with van der Waals surface area (Å²) in [5.41, 5.74) is -0.515. The average Bonchev–Trinajstić information content (AvgIpc) is 2.06. The van der Waals surface area contributed by atoms with Crippen molar-refractivity contribution in [3.05, 3.63) is 35.9 Å². The fourth-order valence-corrected chi connectivity index (χ4v) is 1.06. The molecule has 0 fully saturated rings. The monoisotopic (exact) mass is 230 g/mol. The van der Waals surface area contributed by atoms with Crippen LogP contribution in [0.15, 0.2) is 30.3 Å². The molecule has 2 nitrogen and oxygen atoms in total. The Kier molecular flexibility index (Phi) is 6.00. The van der Waals surface area contributed by atoms with Crippen molar-refractivity contribution in [2.24, 2.45) is 0 Å². The van der Waals surface area contributed by atoms with E-state index in [1.807, 2.05) is 0 Å². The summed E-state index contributed by atoms with van der Waals surface area (Å²) in [6.45, 7) is 0. The molecule has 0 N–H and O–H groups in total. The van der Waals surface area contributed by atoms with Gasteiger partial charge in [-0.1, -0.05) is 30.3 Å². The molecule has 0 aromatic heterocycles. The molecular formula is C7H5F2KO2S. The van der Waals surface area contributed by atoms with Crippen LogP contribution in [0, 0.1) is 0 Å². The Labute approximate surface area is 119 Å². The molecule has 0 aliphatic heterocycles. The average molecular weight is 230 g/mol. The molecule has 0 aliphatic carbocycles. The van der Waals surface area contributed by atoms with Gasteiger partial charge in [0.2, 0.25) is 0 Å². The van der Waals surface area contributed by atoms with E-state index in [0.717, 1.165) is 12.1 Å². The maximum atomic E-state index is 12.7. The molecule has 0 radical (unpaired) electrons. The topological polar surface area (TPSA) is 40.1 Å². The molecule has 0 heterocycles. The van der Waals surface area contributed by atoms with Crippen molar-refractivity contribution >= 4 is 11.1 Å². The third-order valence-electron chi connectivity index (χ3n) is 1.32. The van der Waals surface area contributed by atoms with E-state index in [1.54, 1.807) is 0 Å². The van der Waals surface area contributed by atoms with Crippen molar-refractivity contribution in [2.75, 3.05) is 0 Å². The molecule has 0 saturated heterocycles. The van der Waals surface area contributed by atoms with Gasteiger partial charge in [-0.25, -0.2) is 0 Å². The van der Waals surface area contributed by atoms with Crippen molar-refractivity contribution in [2.45, 2.75) is 5.25 Å². The predicted octanol–water partition coefficient (Wildman–Crippen LogP) is -1.38. The van der Waals surface area contributed by atoms with Crippen molar-refractivity contribution in [1.82, 2.24) is 0 Å². The maximum Gasteiger partial charge on any atom is 1.00 e. The van der Waals surface area contributed by atoms with Gasteiger partial charge in [-0.3, -0.25) is 4.21 Å². The molecule has 1 rings (SSSR count). The normalized spacial score (nSPS) is 13.2. The Hall–Kier alpha value is 0.826. The van der Waals surface area contributed by atoms with Crippen molar-refractivity contribution in [1.29, 1.82) is 0 Å². The van der Waals surface area contributed by atoms with Crippen LogP contribution in [-0.2, 0) is 16.3 Å². The molecule has 0 amide bonds. The van der Waals surface area contributed by atoms with Crippen LogP contribution in [0.1, 0.15) is 5.56 Å². The van der Waals surface area contributed by atoms with Gasteiger partial charge in [-0.2, -0.15) is 8.78 Å². The van der Waals surface area contributed by atoms with Gasteiger partial charge in [0.05, 0.1) is 0 Å². The molecule has 66 valence electrons. The minimum absolute atomic E-state index is 0. The van der Waals surface area contributed by atoms with Gasteiger partial charge in [0.15, 0.2) is 0 Å². The zero-order valence-corrected chi connectivity index (χ0v) is 10.8. The molecule has 0 saturated carbocycles. The van der Waals surface area contributed by atoms with Gasteiger partial charge in [-0.05, 0) is 0 Å². The SMILES string of the molecule is O=S([O-])C(F)(F)c1ccccc1.[K+]. The third-order valence-corrected chi connectivity index (χ3v) is 1.97. The first-order valence-corrected chi connectivity index (χ1v) is 4.15. The van der Waals surface area contributed by atoms with Crippen LogP contribution in [-0.4, -0.2) is 8.76 Å². The fourth-order valence-electron chi connectivity index (χ4n) is 0.728. The van der Waals surface area contributed by atoms with E-state index in [2.05, 4.69) is 0 Å². The summed E-state index contributed by atoms with van der Waals surface area (Å²) in [4.78, 5) is 0. The Morgan fingerprint density at radius 3 is 2.08 bits per heavy atom. The molecule has 1 aromatic carbocycles. The molecule has 6 heteroatoms. The molecule has 0 bridgehead atoms. The van der Waals surface area contributed by atoms with Crippen LogP contribution in [0.3, 0.4) is 0 Å². The van der Waals surface area contributed by atoms with E-state index in [0.29, 0.717) is 0 Å². The maximum absolute atomic E-state index is 12.7. The molecule has 1 aromatic rings. The van der Waals surface area contributed by atoms with Crippen molar-refractivity contribution in [3.63, 3.8) is 0 Å². The molecule has 1 atom stereocenters. The minimum atomic E-state index is -3.79. The van der Waals surface area contributed by atoms with Crippen LogP contribution < -0.4 is 51.4 Å². The van der Waals surface area contributed by atoms with Gasteiger partial charge >= 0.3 is 56.6 Å². The third kappa shape index (κ3) is 3.47. The Morgan fingerprint density at radius 2 is 1.69 bits per heavy atom. The summed E-state index contributed by atoms with van der Waals surface area (Å²) < 4.78 is 45.5. The second kappa shape index (κ2) is 5.65. The number of benzene rings is 1. The smallest absolute Gasteiger partial charge is 0.768 e. The Morgan fingerprint density at radius 1 is 1.23 bits per heavy atom. The van der Waals surface area contributed by atoms with Crippen molar-refractivity contribution in [3.8, 4) is 0 Å². The standard InChI is InChI=1S/C7H6F2O2S.K/c8-7(9,12(10)11)6-4-2-1-3-5-6;/h1-5H,(H,10,11);/q;+1/p-1. The number of hydrogen-bond acceptors (Lipinski definition) is 2. The van der Waals surface area contributed by atoms with Crippen LogP contribution in [0.4, 0.5) is 8.78 Å².